The summed E-state index contributed by atoms with van der Waals surface area (Å²) in [5.41, 5.74) is 0.645. The van der Waals surface area contributed by atoms with Crippen LogP contribution in [0.3, 0.4) is 0 Å². The molecule has 1 aliphatic heterocycles. The van der Waals surface area contributed by atoms with Crippen LogP contribution in [0.5, 0.6) is 0 Å². The van der Waals surface area contributed by atoms with Gasteiger partial charge in [0.25, 0.3) is 0 Å². The molecular formula is C8H11N2NaO3. The van der Waals surface area contributed by atoms with Crippen molar-refractivity contribution in [2.75, 3.05) is 6.61 Å². The van der Waals surface area contributed by atoms with E-state index in [0.717, 1.165) is 0 Å². The van der Waals surface area contributed by atoms with Crippen LogP contribution in [0.1, 0.15) is 13.8 Å². The number of carbonyl (C=O) groups is 1. The van der Waals surface area contributed by atoms with Crippen molar-refractivity contribution in [2.45, 2.75) is 19.9 Å². The average molecular weight is 206 g/mol. The number of carbonyl (C=O) groups excluding carboxylic acids is 1. The SMILES string of the molecule is CC(=O)/C=C(\C)N[C@@H]1CON=C1[O-].[Na+]. The fourth-order valence-corrected chi connectivity index (χ4v) is 1.04. The maximum absolute atomic E-state index is 10.9. The molecule has 0 aromatic carbocycles. The fraction of sp³-hybridized carbons (Fsp3) is 0.500. The second kappa shape index (κ2) is 6.06. The van der Waals surface area contributed by atoms with Crippen LogP contribution >= 0.6 is 0 Å². The number of hydrogen-bond acceptors (Lipinski definition) is 5. The van der Waals surface area contributed by atoms with Crippen molar-refractivity contribution in [3.05, 3.63) is 11.8 Å². The number of ketones is 1. The van der Waals surface area contributed by atoms with Gasteiger partial charge in [-0.05, 0) is 19.9 Å². The molecule has 0 aromatic heterocycles. The zero-order valence-corrected chi connectivity index (χ0v) is 10.5. The Balaban J connectivity index is 0.00000169. The van der Waals surface area contributed by atoms with Crippen molar-refractivity contribution < 1.29 is 44.3 Å². The number of nitrogens with one attached hydrogen (secondary N) is 1. The summed E-state index contributed by atoms with van der Waals surface area (Å²) in [6.07, 6.45) is 1.42. The van der Waals surface area contributed by atoms with Crippen LogP contribution in [0.25, 0.3) is 0 Å². The summed E-state index contributed by atoms with van der Waals surface area (Å²) >= 11 is 0. The summed E-state index contributed by atoms with van der Waals surface area (Å²) in [6.45, 7) is 3.39. The number of rotatable bonds is 3. The molecule has 1 N–H and O–H groups in total. The summed E-state index contributed by atoms with van der Waals surface area (Å²) in [4.78, 5) is 15.2. The Morgan fingerprint density at radius 1 is 1.71 bits per heavy atom. The summed E-state index contributed by atoms with van der Waals surface area (Å²) in [5.74, 6) is -0.399. The molecule has 0 saturated heterocycles. The van der Waals surface area contributed by atoms with Gasteiger partial charge in [-0.15, -0.1) is 5.16 Å². The van der Waals surface area contributed by atoms with Gasteiger partial charge in [-0.3, -0.25) is 4.79 Å². The first-order valence-corrected chi connectivity index (χ1v) is 3.92. The van der Waals surface area contributed by atoms with E-state index < -0.39 is 6.04 Å². The van der Waals surface area contributed by atoms with Gasteiger partial charge in [0.1, 0.15) is 6.61 Å². The Morgan fingerprint density at radius 3 is 2.79 bits per heavy atom. The first-order chi connectivity index (χ1) is 6.09. The Labute approximate surface area is 104 Å². The second-order valence-electron chi connectivity index (χ2n) is 2.86. The molecule has 1 aliphatic rings. The van der Waals surface area contributed by atoms with Crippen molar-refractivity contribution in [3.63, 3.8) is 0 Å². The van der Waals surface area contributed by atoms with Gasteiger partial charge in [-0.2, -0.15) is 0 Å². The minimum Gasteiger partial charge on any atom is -0.858 e. The van der Waals surface area contributed by atoms with Crippen LogP contribution in [0.2, 0.25) is 0 Å². The smallest absolute Gasteiger partial charge is 0.858 e. The van der Waals surface area contributed by atoms with Gasteiger partial charge in [0.15, 0.2) is 5.78 Å². The zero-order valence-electron chi connectivity index (χ0n) is 8.53. The van der Waals surface area contributed by atoms with Gasteiger partial charge >= 0.3 is 29.6 Å². The topological polar surface area (TPSA) is 73.8 Å². The molecule has 0 aliphatic carbocycles. The molecule has 14 heavy (non-hydrogen) atoms. The molecule has 0 fully saturated rings. The van der Waals surface area contributed by atoms with E-state index in [0.29, 0.717) is 5.70 Å². The van der Waals surface area contributed by atoms with E-state index >= 15 is 0 Å². The number of oxime groups is 1. The summed E-state index contributed by atoms with van der Waals surface area (Å²) in [5, 5.41) is 17.0. The van der Waals surface area contributed by atoms with Crippen LogP contribution in [0, 0.1) is 0 Å². The van der Waals surface area contributed by atoms with Crippen LogP contribution in [-0.2, 0) is 9.63 Å². The molecule has 0 spiro atoms. The standard InChI is InChI=1S/C8H12N2O3.Na/c1-5(3-6(2)11)9-7-4-13-10-8(7)12;/h3,7,9H,4H2,1-2H3,(H,10,12);/q;+1/p-1/b5-3+;/t7-;/m1./s1. The van der Waals surface area contributed by atoms with Crippen molar-refractivity contribution in [1.29, 1.82) is 0 Å². The second-order valence-corrected chi connectivity index (χ2v) is 2.86. The van der Waals surface area contributed by atoms with Crippen molar-refractivity contribution in [1.82, 2.24) is 5.32 Å². The van der Waals surface area contributed by atoms with E-state index in [2.05, 4.69) is 15.3 Å². The third-order valence-electron chi connectivity index (χ3n) is 1.52. The minimum atomic E-state index is -0.449. The molecule has 6 heteroatoms. The Bertz CT molecular complexity index is 276. The maximum atomic E-state index is 10.9. The monoisotopic (exact) mass is 206 g/mol. The Kier molecular flexibility index (Phi) is 5.83. The van der Waals surface area contributed by atoms with Crippen LogP contribution < -0.4 is 40.0 Å². The van der Waals surface area contributed by atoms with E-state index in [1.165, 1.54) is 13.0 Å². The molecule has 72 valence electrons. The average Bonchev–Trinajstić information content (AvgIpc) is 2.34. The predicted molar refractivity (Wildman–Crippen MR) is 44.7 cm³/mol. The number of allylic oxidation sites excluding steroid dienone is 2. The first kappa shape index (κ1) is 13.5. The summed E-state index contributed by atoms with van der Waals surface area (Å²) < 4.78 is 0. The fourth-order valence-electron chi connectivity index (χ4n) is 1.04. The van der Waals surface area contributed by atoms with Crippen molar-refractivity contribution >= 4 is 11.7 Å². The third kappa shape index (κ3) is 4.13. The van der Waals surface area contributed by atoms with Crippen LogP contribution in [0.15, 0.2) is 16.9 Å². The molecule has 1 rings (SSSR count). The van der Waals surface area contributed by atoms with Gasteiger partial charge in [-0.1, -0.05) is 0 Å². The third-order valence-corrected chi connectivity index (χ3v) is 1.52. The van der Waals surface area contributed by atoms with Crippen molar-refractivity contribution in [3.8, 4) is 0 Å². The quantitative estimate of drug-likeness (QED) is 0.379. The number of hydrogen-bond donors (Lipinski definition) is 1. The minimum absolute atomic E-state index is 0. The van der Waals surface area contributed by atoms with E-state index in [-0.39, 0.29) is 47.8 Å². The molecule has 0 aromatic rings. The molecule has 5 nitrogen and oxygen atoms in total. The maximum Gasteiger partial charge on any atom is 1.00 e. The molecule has 1 heterocycles. The van der Waals surface area contributed by atoms with Gasteiger partial charge in [-0.25, -0.2) is 0 Å². The molecule has 0 unspecified atom stereocenters. The molecular weight excluding hydrogens is 195 g/mol. The molecule has 0 bridgehead atoms. The van der Waals surface area contributed by atoms with Gasteiger partial charge in [0.05, 0.1) is 6.04 Å². The van der Waals surface area contributed by atoms with Crippen LogP contribution in [0.4, 0.5) is 0 Å². The number of nitrogens with zero attached hydrogens (tertiary/aromatic N) is 1. The zero-order chi connectivity index (χ0) is 9.84. The molecule has 0 amide bonds. The first-order valence-electron chi connectivity index (χ1n) is 3.92. The molecule has 1 atom stereocenters. The normalized spacial score (nSPS) is 20.6. The Hall–Kier alpha value is -0.520. The van der Waals surface area contributed by atoms with E-state index in [1.54, 1.807) is 6.92 Å². The van der Waals surface area contributed by atoms with E-state index in [9.17, 15) is 9.90 Å². The van der Waals surface area contributed by atoms with Crippen LogP contribution in [-0.4, -0.2) is 24.3 Å². The largest absolute Gasteiger partial charge is 1.00 e. The van der Waals surface area contributed by atoms with Crippen molar-refractivity contribution in [2.24, 2.45) is 5.16 Å². The van der Waals surface area contributed by atoms with E-state index in [4.69, 9.17) is 0 Å². The molecule has 0 radical (unpaired) electrons. The van der Waals surface area contributed by atoms with Gasteiger partial charge in [0, 0.05) is 11.6 Å². The predicted octanol–water partition coefficient (Wildman–Crippen LogP) is -3.85. The Morgan fingerprint density at radius 2 is 2.36 bits per heavy atom. The van der Waals surface area contributed by atoms with Gasteiger partial charge < -0.3 is 15.3 Å². The van der Waals surface area contributed by atoms with E-state index in [1.807, 2.05) is 0 Å². The summed E-state index contributed by atoms with van der Waals surface area (Å²) in [7, 11) is 0. The van der Waals surface area contributed by atoms with Gasteiger partial charge in [0.2, 0.25) is 0 Å². The molecule has 0 saturated carbocycles. The summed E-state index contributed by atoms with van der Waals surface area (Å²) in [6, 6.07) is -0.449.